The minimum atomic E-state index is -5.17. The van der Waals surface area contributed by atoms with Crippen molar-refractivity contribution in [3.63, 3.8) is 0 Å². The fourth-order valence-corrected chi connectivity index (χ4v) is 4.85. The summed E-state index contributed by atoms with van der Waals surface area (Å²) in [5.74, 6) is -1.64. The molecule has 1 aliphatic heterocycles. The second kappa shape index (κ2) is 9.52. The van der Waals surface area contributed by atoms with E-state index in [0.717, 1.165) is 6.42 Å². The van der Waals surface area contributed by atoms with Crippen LogP contribution in [0.25, 0.3) is 0 Å². The number of rotatable bonds is 5. The number of nitrogens with one attached hydrogen (secondary N) is 1. The molecule has 4 rings (SSSR count). The SMILES string of the molecule is CCCOc1ccc(C2C3=C(CC(C)(C)CC3=O)Nc3ccccc3N2C(=O)C(F)(F)F)cc1OC. The number of methoxy groups -OCH3 is 1. The number of allylic oxidation sites excluding steroid dienone is 1. The fraction of sp³-hybridized carbons (Fsp3) is 0.407. The molecule has 0 saturated carbocycles. The van der Waals surface area contributed by atoms with Gasteiger partial charge in [0.1, 0.15) is 0 Å². The van der Waals surface area contributed by atoms with Gasteiger partial charge in [0.25, 0.3) is 0 Å². The number of nitrogens with zero attached hydrogens (tertiary/aromatic N) is 1. The van der Waals surface area contributed by atoms with Gasteiger partial charge in [-0.25, -0.2) is 0 Å². The Morgan fingerprint density at radius 2 is 1.86 bits per heavy atom. The van der Waals surface area contributed by atoms with Crippen LogP contribution in [0.4, 0.5) is 24.5 Å². The Labute approximate surface area is 208 Å². The number of carbonyl (C=O) groups excluding carboxylic acids is 2. The second-order valence-electron chi connectivity index (χ2n) is 9.81. The first-order valence-corrected chi connectivity index (χ1v) is 11.8. The maximum absolute atomic E-state index is 14.0. The Hall–Kier alpha value is -3.49. The van der Waals surface area contributed by atoms with Gasteiger partial charge in [0.05, 0.1) is 31.1 Å². The topological polar surface area (TPSA) is 67.9 Å². The van der Waals surface area contributed by atoms with Gasteiger partial charge in [-0.3, -0.25) is 14.5 Å². The highest BCUT2D eigenvalue weighted by molar-refractivity contribution is 6.07. The van der Waals surface area contributed by atoms with Gasteiger partial charge in [-0.15, -0.1) is 0 Å². The molecule has 36 heavy (non-hydrogen) atoms. The van der Waals surface area contributed by atoms with Crippen molar-refractivity contribution in [1.29, 1.82) is 0 Å². The number of alkyl halides is 3. The molecule has 0 radical (unpaired) electrons. The zero-order valence-corrected chi connectivity index (χ0v) is 20.7. The van der Waals surface area contributed by atoms with E-state index in [1.165, 1.54) is 19.2 Å². The molecule has 1 heterocycles. The number of fused-ring (bicyclic) bond motifs is 1. The molecule has 0 aromatic heterocycles. The van der Waals surface area contributed by atoms with Crippen molar-refractivity contribution in [3.8, 4) is 11.5 Å². The van der Waals surface area contributed by atoms with E-state index in [0.29, 0.717) is 46.4 Å². The Morgan fingerprint density at radius 1 is 1.14 bits per heavy atom. The summed E-state index contributed by atoms with van der Waals surface area (Å²) in [7, 11) is 1.43. The van der Waals surface area contributed by atoms with Crippen LogP contribution < -0.4 is 19.7 Å². The third kappa shape index (κ3) is 4.79. The zero-order chi connectivity index (χ0) is 26.3. The number of hydrogen-bond acceptors (Lipinski definition) is 5. The number of benzene rings is 2. The third-order valence-corrected chi connectivity index (χ3v) is 6.33. The fourth-order valence-electron chi connectivity index (χ4n) is 4.85. The molecule has 0 spiro atoms. The number of anilines is 2. The highest BCUT2D eigenvalue weighted by Gasteiger charge is 2.50. The Balaban J connectivity index is 2.00. The van der Waals surface area contributed by atoms with Crippen LogP contribution in [0, 0.1) is 5.41 Å². The predicted molar refractivity (Wildman–Crippen MR) is 130 cm³/mol. The summed E-state index contributed by atoms with van der Waals surface area (Å²) < 4.78 is 53.1. The monoisotopic (exact) mass is 502 g/mol. The largest absolute Gasteiger partial charge is 0.493 e. The zero-order valence-electron chi connectivity index (χ0n) is 20.7. The van der Waals surface area contributed by atoms with Crippen LogP contribution in [0.1, 0.15) is 51.6 Å². The number of ketones is 1. The quantitative estimate of drug-likeness (QED) is 0.528. The lowest BCUT2D eigenvalue weighted by Crippen LogP contribution is -2.45. The molecule has 0 fully saturated rings. The van der Waals surface area contributed by atoms with Gasteiger partial charge in [0, 0.05) is 17.7 Å². The minimum Gasteiger partial charge on any atom is -0.493 e. The predicted octanol–water partition coefficient (Wildman–Crippen LogP) is 6.19. The van der Waals surface area contributed by atoms with Gasteiger partial charge < -0.3 is 14.8 Å². The van der Waals surface area contributed by atoms with E-state index in [4.69, 9.17) is 9.47 Å². The van der Waals surface area contributed by atoms with E-state index in [1.54, 1.807) is 30.3 Å². The summed E-state index contributed by atoms with van der Waals surface area (Å²) in [6.07, 6.45) is -3.84. The summed E-state index contributed by atoms with van der Waals surface area (Å²) in [6, 6.07) is 9.69. The Kier molecular flexibility index (Phi) is 6.77. The van der Waals surface area contributed by atoms with E-state index in [1.807, 2.05) is 20.8 Å². The molecule has 9 heteroatoms. The molecule has 6 nitrogen and oxygen atoms in total. The average molecular weight is 503 g/mol. The van der Waals surface area contributed by atoms with Crippen molar-refractivity contribution in [2.45, 2.75) is 52.3 Å². The van der Waals surface area contributed by atoms with E-state index >= 15 is 0 Å². The van der Waals surface area contributed by atoms with E-state index in [9.17, 15) is 22.8 Å². The maximum atomic E-state index is 14.0. The highest BCUT2D eigenvalue weighted by atomic mass is 19.4. The Bertz CT molecular complexity index is 1220. The molecule has 1 amide bonds. The standard InChI is InChI=1S/C27H29F3N2O4/c1-5-12-36-21-11-10-16(13-22(21)35-4)24-23-18(14-26(2,3)15-20(23)33)31-17-8-6-7-9-19(17)32(24)25(34)27(28,29)30/h6-11,13,24,31H,5,12,14-15H2,1-4H3. The van der Waals surface area contributed by atoms with E-state index < -0.39 is 23.5 Å². The van der Waals surface area contributed by atoms with Gasteiger partial charge in [0.2, 0.25) is 0 Å². The number of ether oxygens (including phenoxy) is 2. The summed E-state index contributed by atoms with van der Waals surface area (Å²) >= 11 is 0. The van der Waals surface area contributed by atoms with Crippen molar-refractivity contribution in [3.05, 3.63) is 59.3 Å². The molecule has 0 bridgehead atoms. The number of halogens is 3. The molecule has 2 aromatic carbocycles. The molecule has 2 aliphatic rings. The molecule has 1 unspecified atom stereocenters. The molecule has 1 atom stereocenters. The van der Waals surface area contributed by atoms with Crippen LogP contribution in [0.15, 0.2) is 53.7 Å². The molecule has 1 aliphatic carbocycles. The summed E-state index contributed by atoms with van der Waals surface area (Å²) in [5.41, 5.74) is 0.929. The first kappa shape index (κ1) is 25.6. The van der Waals surface area contributed by atoms with Gasteiger partial charge in [0.15, 0.2) is 17.3 Å². The first-order valence-electron chi connectivity index (χ1n) is 11.8. The lowest BCUT2D eigenvalue weighted by Gasteiger charge is -2.37. The van der Waals surface area contributed by atoms with Crippen molar-refractivity contribution >= 4 is 23.1 Å². The summed E-state index contributed by atoms with van der Waals surface area (Å²) in [6.45, 7) is 6.24. The number of amides is 1. The smallest absolute Gasteiger partial charge is 0.471 e. The number of carbonyl (C=O) groups is 2. The van der Waals surface area contributed by atoms with Crippen molar-refractivity contribution in [1.82, 2.24) is 0 Å². The van der Waals surface area contributed by atoms with Crippen molar-refractivity contribution in [2.24, 2.45) is 5.41 Å². The summed E-state index contributed by atoms with van der Waals surface area (Å²) in [5, 5.41) is 3.19. The maximum Gasteiger partial charge on any atom is 0.471 e. The van der Waals surface area contributed by atoms with Crippen LogP contribution in [-0.2, 0) is 9.59 Å². The van der Waals surface area contributed by atoms with Crippen LogP contribution in [0.2, 0.25) is 0 Å². The van der Waals surface area contributed by atoms with Crippen LogP contribution in [0.5, 0.6) is 11.5 Å². The van der Waals surface area contributed by atoms with Gasteiger partial charge >= 0.3 is 12.1 Å². The van der Waals surface area contributed by atoms with Gasteiger partial charge in [-0.2, -0.15) is 13.2 Å². The number of Topliss-reactive ketones (excluding diaryl/α,β-unsaturated/α-hetero) is 1. The van der Waals surface area contributed by atoms with Crippen molar-refractivity contribution in [2.75, 3.05) is 23.9 Å². The average Bonchev–Trinajstić information content (AvgIpc) is 2.95. The second-order valence-corrected chi connectivity index (χ2v) is 9.81. The van der Waals surface area contributed by atoms with Gasteiger partial charge in [-0.05, 0) is 48.1 Å². The van der Waals surface area contributed by atoms with Crippen LogP contribution in [-0.4, -0.2) is 31.6 Å². The lowest BCUT2D eigenvalue weighted by molar-refractivity contribution is -0.170. The van der Waals surface area contributed by atoms with E-state index in [2.05, 4.69) is 5.32 Å². The summed E-state index contributed by atoms with van der Waals surface area (Å²) in [4.78, 5) is 27.2. The number of hydrogen-bond donors (Lipinski definition) is 1. The lowest BCUT2D eigenvalue weighted by atomic mass is 9.73. The molecule has 1 N–H and O–H groups in total. The normalized spacial score (nSPS) is 19.1. The third-order valence-electron chi connectivity index (χ3n) is 6.33. The first-order chi connectivity index (χ1) is 17.0. The number of para-hydroxylation sites is 2. The highest BCUT2D eigenvalue weighted by Crippen LogP contribution is 2.50. The molecular weight excluding hydrogens is 473 g/mol. The van der Waals surface area contributed by atoms with E-state index in [-0.39, 0.29) is 23.5 Å². The minimum absolute atomic E-state index is 0.0371. The molecular formula is C27H29F3N2O4. The van der Waals surface area contributed by atoms with Crippen molar-refractivity contribution < 1.29 is 32.2 Å². The molecule has 2 aromatic rings. The van der Waals surface area contributed by atoms with Gasteiger partial charge in [-0.1, -0.05) is 39.0 Å². The molecule has 192 valence electrons. The van der Waals surface area contributed by atoms with Crippen LogP contribution >= 0.6 is 0 Å². The Morgan fingerprint density at radius 3 is 2.53 bits per heavy atom. The molecule has 0 saturated heterocycles. The van der Waals surface area contributed by atoms with Crippen LogP contribution in [0.3, 0.4) is 0 Å².